The normalized spacial score (nSPS) is 11.7. The Morgan fingerprint density at radius 3 is 2.88 bits per heavy atom. The number of pyridine rings is 1. The van der Waals surface area contributed by atoms with E-state index in [1.165, 1.54) is 5.57 Å². The third kappa shape index (κ3) is 6.65. The molecule has 0 aliphatic heterocycles. The molecule has 1 N–H and O–H groups in total. The first-order valence-corrected chi connectivity index (χ1v) is 10.2. The van der Waals surface area contributed by atoms with Crippen LogP contribution in [0.2, 0.25) is 0 Å². The summed E-state index contributed by atoms with van der Waals surface area (Å²) in [6.07, 6.45) is 8.94. The van der Waals surface area contributed by atoms with Crippen LogP contribution < -0.4 is 5.32 Å². The summed E-state index contributed by atoms with van der Waals surface area (Å²) in [5.41, 5.74) is 2.35. The Hall–Kier alpha value is -1.63. The number of thioether (sulfide) groups is 1. The Morgan fingerprint density at radius 2 is 2.20 bits per heavy atom. The topological polar surface area (TPSA) is 37.8 Å². The average Bonchev–Trinajstić information content (AvgIpc) is 2.98. The van der Waals surface area contributed by atoms with Crippen molar-refractivity contribution < 1.29 is 0 Å². The highest BCUT2D eigenvalue weighted by Gasteiger charge is 2.05. The molecule has 2 aromatic rings. The van der Waals surface area contributed by atoms with Gasteiger partial charge in [0.1, 0.15) is 10.4 Å². The summed E-state index contributed by atoms with van der Waals surface area (Å²) in [6, 6.07) is 5.72. The first-order chi connectivity index (χ1) is 12.0. The molecule has 0 aliphatic carbocycles. The molecule has 0 amide bonds. The second-order valence-electron chi connectivity index (χ2n) is 5.21. The van der Waals surface area contributed by atoms with Gasteiger partial charge in [-0.1, -0.05) is 67.0 Å². The molecule has 0 radical (unpaired) electrons. The van der Waals surface area contributed by atoms with Gasteiger partial charge in [-0.15, -0.1) is 0 Å². The fourth-order valence-corrected chi connectivity index (χ4v) is 4.08. The average molecular weight is 434 g/mol. The van der Waals surface area contributed by atoms with E-state index in [1.807, 2.05) is 43.5 Å². The molecule has 2 aromatic heterocycles. The lowest BCUT2D eigenvalue weighted by Gasteiger charge is -2.01. The van der Waals surface area contributed by atoms with Crippen LogP contribution in [-0.2, 0) is 0 Å². The molecule has 0 aromatic carbocycles. The molecule has 6 heteroatoms. The smallest absolute Gasteiger partial charge is 0.189 e. The summed E-state index contributed by atoms with van der Waals surface area (Å²) in [6.45, 7) is 12.2. The maximum atomic E-state index is 4.38. The number of nitrogens with one attached hydrogen (secondary N) is 1. The Kier molecular flexibility index (Phi) is 7.68. The van der Waals surface area contributed by atoms with Crippen molar-refractivity contribution in [2.75, 3.05) is 5.32 Å². The van der Waals surface area contributed by atoms with Crippen molar-refractivity contribution in [1.29, 1.82) is 0 Å². The van der Waals surface area contributed by atoms with Gasteiger partial charge in [-0.25, -0.2) is 9.97 Å². The first kappa shape index (κ1) is 19.7. The van der Waals surface area contributed by atoms with Crippen molar-refractivity contribution in [3.63, 3.8) is 0 Å². The van der Waals surface area contributed by atoms with Gasteiger partial charge in [-0.2, -0.15) is 0 Å². The SMILES string of the molecule is C=C(/C=C\C=C(/CC)C(=C)C)Sc1cnc(Nc2cccc(Br)n2)s1. The largest absolute Gasteiger partial charge is 0.316 e. The molecule has 130 valence electrons. The zero-order valence-electron chi connectivity index (χ0n) is 14.3. The third-order valence-corrected chi connectivity index (χ3v) is 5.53. The van der Waals surface area contributed by atoms with Crippen molar-refractivity contribution in [2.24, 2.45) is 0 Å². The highest BCUT2D eigenvalue weighted by atomic mass is 79.9. The molecule has 0 aliphatic rings. The number of halogens is 1. The van der Waals surface area contributed by atoms with Crippen molar-refractivity contribution in [1.82, 2.24) is 9.97 Å². The van der Waals surface area contributed by atoms with E-state index in [1.54, 1.807) is 23.1 Å². The van der Waals surface area contributed by atoms with Gasteiger partial charge in [0.25, 0.3) is 0 Å². The van der Waals surface area contributed by atoms with Gasteiger partial charge < -0.3 is 5.32 Å². The van der Waals surface area contributed by atoms with Gasteiger partial charge in [-0.3, -0.25) is 0 Å². The van der Waals surface area contributed by atoms with Gasteiger partial charge in [-0.05, 0) is 53.1 Å². The molecule has 0 spiro atoms. The van der Waals surface area contributed by atoms with E-state index in [-0.39, 0.29) is 0 Å². The predicted octanol–water partition coefficient (Wildman–Crippen LogP) is 7.12. The lowest BCUT2D eigenvalue weighted by atomic mass is 10.1. The van der Waals surface area contributed by atoms with Crippen LogP contribution in [0.1, 0.15) is 20.3 Å². The molecule has 3 nitrogen and oxygen atoms in total. The van der Waals surface area contributed by atoms with Crippen molar-refractivity contribution in [3.8, 4) is 0 Å². The van der Waals surface area contributed by atoms with E-state index in [0.717, 1.165) is 36.7 Å². The monoisotopic (exact) mass is 433 g/mol. The van der Waals surface area contributed by atoms with Gasteiger partial charge >= 0.3 is 0 Å². The number of anilines is 2. The van der Waals surface area contributed by atoms with Gasteiger partial charge in [0.15, 0.2) is 5.13 Å². The van der Waals surface area contributed by atoms with Gasteiger partial charge in [0, 0.05) is 4.91 Å². The molecular weight excluding hydrogens is 414 g/mol. The number of hydrogen-bond donors (Lipinski definition) is 1. The number of rotatable bonds is 8. The number of thiazole rings is 1. The minimum atomic E-state index is 0.760. The van der Waals surface area contributed by atoms with E-state index < -0.39 is 0 Å². The molecule has 0 saturated heterocycles. The standard InChI is InChI=1S/C19H20BrN3S2/c1-5-15(13(2)3)9-6-8-14(4)24-18-12-21-19(25-18)23-17-11-7-10-16(20)22-17/h6-12H,2,4-5H2,1,3H3,(H,21,22,23)/b8-6-,15-9+. The summed E-state index contributed by atoms with van der Waals surface area (Å²) in [5.74, 6) is 0.760. The number of nitrogens with zero attached hydrogens (tertiary/aromatic N) is 2. The Bertz CT molecular complexity index is 822. The molecule has 2 heterocycles. The van der Waals surface area contributed by atoms with Crippen molar-refractivity contribution in [2.45, 2.75) is 24.5 Å². The molecule has 25 heavy (non-hydrogen) atoms. The second-order valence-corrected chi connectivity index (χ2v) is 8.48. The summed E-state index contributed by atoms with van der Waals surface area (Å²) in [4.78, 5) is 9.68. The zero-order valence-corrected chi connectivity index (χ0v) is 17.5. The lowest BCUT2D eigenvalue weighted by Crippen LogP contribution is -1.91. The summed E-state index contributed by atoms with van der Waals surface area (Å²) in [5, 5.41) is 4.01. The highest BCUT2D eigenvalue weighted by molar-refractivity contribution is 9.10. The van der Waals surface area contributed by atoms with Crippen molar-refractivity contribution >= 4 is 50.0 Å². The molecule has 0 fully saturated rings. The summed E-state index contributed by atoms with van der Waals surface area (Å²) < 4.78 is 1.86. The Morgan fingerprint density at radius 1 is 1.40 bits per heavy atom. The van der Waals surface area contributed by atoms with Crippen LogP contribution in [0.5, 0.6) is 0 Å². The summed E-state index contributed by atoms with van der Waals surface area (Å²) >= 11 is 6.53. The van der Waals surface area contributed by atoms with Gasteiger partial charge in [0.2, 0.25) is 0 Å². The minimum Gasteiger partial charge on any atom is -0.316 e. The van der Waals surface area contributed by atoms with Crippen LogP contribution in [-0.4, -0.2) is 9.97 Å². The maximum absolute atomic E-state index is 4.38. The quantitative estimate of drug-likeness (QED) is 0.273. The highest BCUT2D eigenvalue weighted by Crippen LogP contribution is 2.34. The first-order valence-electron chi connectivity index (χ1n) is 7.73. The van der Waals surface area contributed by atoms with E-state index >= 15 is 0 Å². The van der Waals surface area contributed by atoms with Crippen LogP contribution in [0, 0.1) is 0 Å². The summed E-state index contributed by atoms with van der Waals surface area (Å²) in [7, 11) is 0. The predicted molar refractivity (Wildman–Crippen MR) is 115 cm³/mol. The Labute approximate surface area is 165 Å². The van der Waals surface area contributed by atoms with Crippen LogP contribution in [0.25, 0.3) is 0 Å². The van der Waals surface area contributed by atoms with Crippen LogP contribution >= 0.6 is 39.0 Å². The van der Waals surface area contributed by atoms with Gasteiger partial charge in [0.05, 0.1) is 10.4 Å². The number of allylic oxidation sites excluding steroid dienone is 5. The van der Waals surface area contributed by atoms with Crippen LogP contribution in [0.15, 0.2) is 80.6 Å². The van der Waals surface area contributed by atoms with Crippen LogP contribution in [0.4, 0.5) is 10.9 Å². The number of aromatic nitrogens is 2. The fourth-order valence-electron chi connectivity index (χ4n) is 1.95. The lowest BCUT2D eigenvalue weighted by molar-refractivity contribution is 1.11. The fraction of sp³-hybridized carbons (Fsp3) is 0.158. The van der Waals surface area contributed by atoms with E-state index in [0.29, 0.717) is 0 Å². The molecule has 0 atom stereocenters. The van der Waals surface area contributed by atoms with E-state index in [9.17, 15) is 0 Å². The molecular formula is C19H20BrN3S2. The molecule has 2 rings (SSSR count). The van der Waals surface area contributed by atoms with Crippen molar-refractivity contribution in [3.05, 3.63) is 76.4 Å². The molecule has 0 saturated carbocycles. The maximum Gasteiger partial charge on any atom is 0.189 e. The Balaban J connectivity index is 1.94. The second kappa shape index (κ2) is 9.75. The zero-order chi connectivity index (χ0) is 18.2. The van der Waals surface area contributed by atoms with Crippen LogP contribution in [0.3, 0.4) is 0 Å². The third-order valence-electron chi connectivity index (χ3n) is 3.17. The van der Waals surface area contributed by atoms with E-state index in [4.69, 9.17) is 0 Å². The van der Waals surface area contributed by atoms with E-state index in [2.05, 4.69) is 57.4 Å². The molecule has 0 bridgehead atoms. The minimum absolute atomic E-state index is 0.760. The molecule has 0 unspecified atom stereocenters. The number of hydrogen-bond acceptors (Lipinski definition) is 5.